The highest BCUT2D eigenvalue weighted by Gasteiger charge is 2.21. The lowest BCUT2D eigenvalue weighted by Crippen LogP contribution is -2.20. The van der Waals surface area contributed by atoms with Crippen LogP contribution in [-0.4, -0.2) is 21.1 Å². The number of carbonyl (C=O) groups is 1. The van der Waals surface area contributed by atoms with E-state index in [9.17, 15) is 9.00 Å². The van der Waals surface area contributed by atoms with Crippen molar-refractivity contribution in [1.29, 1.82) is 0 Å². The van der Waals surface area contributed by atoms with Crippen LogP contribution in [0.5, 0.6) is 0 Å². The summed E-state index contributed by atoms with van der Waals surface area (Å²) in [7, 11) is -0.896. The van der Waals surface area contributed by atoms with Crippen molar-refractivity contribution in [3.63, 3.8) is 0 Å². The molecule has 2 rings (SSSR count). The number of halogens is 1. The van der Waals surface area contributed by atoms with E-state index in [1.54, 1.807) is 18.2 Å². The molecule has 1 fully saturated rings. The Kier molecular flexibility index (Phi) is 5.43. The Morgan fingerprint density at radius 3 is 2.75 bits per heavy atom. The lowest BCUT2D eigenvalue weighted by Gasteiger charge is -2.10. The molecule has 1 aromatic carbocycles. The Hall–Kier alpha value is -1.07. The summed E-state index contributed by atoms with van der Waals surface area (Å²) in [5.41, 5.74) is 6.75. The third kappa shape index (κ3) is 4.21. The zero-order chi connectivity index (χ0) is 14.5. The largest absolute Gasteiger partial charge is 0.397 e. The maximum Gasteiger partial charge on any atom is 0.225 e. The molecule has 0 saturated heterocycles. The highest BCUT2D eigenvalue weighted by Crippen LogP contribution is 2.24. The first kappa shape index (κ1) is 15.3. The van der Waals surface area contributed by atoms with Crippen molar-refractivity contribution in [1.82, 2.24) is 0 Å². The van der Waals surface area contributed by atoms with Crippen molar-refractivity contribution in [2.75, 3.05) is 16.8 Å². The summed E-state index contributed by atoms with van der Waals surface area (Å²) < 4.78 is 12.0. The quantitative estimate of drug-likeness (QED) is 0.821. The first-order valence-electron chi connectivity index (χ1n) is 6.78. The molecule has 1 saturated carbocycles. The van der Waals surface area contributed by atoms with Crippen LogP contribution >= 0.6 is 11.6 Å². The number of amides is 1. The molecule has 110 valence electrons. The average Bonchev–Trinajstić information content (AvgIpc) is 2.93. The molecule has 20 heavy (non-hydrogen) atoms. The predicted octanol–water partition coefficient (Wildman–Crippen LogP) is 2.94. The van der Waals surface area contributed by atoms with Crippen molar-refractivity contribution < 1.29 is 9.00 Å². The van der Waals surface area contributed by atoms with Crippen LogP contribution in [0.2, 0.25) is 5.02 Å². The molecule has 0 aromatic heterocycles. The number of carbonyl (C=O) groups excluding carboxylic acids is 1. The molecule has 0 radical (unpaired) electrons. The van der Waals surface area contributed by atoms with Crippen LogP contribution in [0.15, 0.2) is 18.2 Å². The normalized spacial score (nSPS) is 17.1. The summed E-state index contributed by atoms with van der Waals surface area (Å²) >= 11 is 5.80. The molecule has 4 nitrogen and oxygen atoms in total. The number of hydrogen-bond donors (Lipinski definition) is 2. The third-order valence-electron chi connectivity index (χ3n) is 3.49. The molecule has 0 aliphatic heterocycles. The average molecular weight is 315 g/mol. The summed E-state index contributed by atoms with van der Waals surface area (Å²) in [5.74, 6) is 0.259. The van der Waals surface area contributed by atoms with Crippen LogP contribution < -0.4 is 11.1 Å². The molecule has 0 spiro atoms. The second kappa shape index (κ2) is 7.09. The Morgan fingerprint density at radius 1 is 1.40 bits per heavy atom. The molecule has 6 heteroatoms. The highest BCUT2D eigenvalue weighted by molar-refractivity contribution is 7.85. The minimum Gasteiger partial charge on any atom is -0.397 e. The third-order valence-corrected chi connectivity index (χ3v) is 5.55. The number of benzene rings is 1. The van der Waals surface area contributed by atoms with Gasteiger partial charge in [0.15, 0.2) is 0 Å². The smallest absolute Gasteiger partial charge is 0.225 e. The number of nitrogens with one attached hydrogen (secondary N) is 1. The minimum atomic E-state index is -0.896. The van der Waals surface area contributed by atoms with Crippen molar-refractivity contribution in [3.05, 3.63) is 23.2 Å². The summed E-state index contributed by atoms with van der Waals surface area (Å²) in [6.07, 6.45) is 4.62. The lowest BCUT2D eigenvalue weighted by atomic mass is 10.2. The van der Waals surface area contributed by atoms with Gasteiger partial charge in [-0.05, 0) is 31.0 Å². The van der Waals surface area contributed by atoms with Crippen molar-refractivity contribution in [2.45, 2.75) is 37.4 Å². The van der Waals surface area contributed by atoms with E-state index in [1.165, 1.54) is 0 Å². The van der Waals surface area contributed by atoms with Gasteiger partial charge >= 0.3 is 0 Å². The number of hydrogen-bond acceptors (Lipinski definition) is 3. The van der Waals surface area contributed by atoms with Gasteiger partial charge in [0.05, 0.1) is 11.4 Å². The van der Waals surface area contributed by atoms with Gasteiger partial charge in [0.1, 0.15) is 0 Å². The molecular formula is C14H19ClN2O2S. The minimum absolute atomic E-state index is 0.162. The number of anilines is 2. The Labute approximate surface area is 126 Å². The second-order valence-electron chi connectivity index (χ2n) is 5.02. The number of nitrogens with two attached hydrogens (primary N) is 1. The predicted molar refractivity (Wildman–Crippen MR) is 84.4 cm³/mol. The van der Waals surface area contributed by atoms with Crippen LogP contribution in [0, 0.1) is 0 Å². The Bertz CT molecular complexity index is 516. The van der Waals surface area contributed by atoms with Gasteiger partial charge in [-0.1, -0.05) is 24.4 Å². The van der Waals surface area contributed by atoms with Gasteiger partial charge < -0.3 is 11.1 Å². The van der Waals surface area contributed by atoms with Gasteiger partial charge in [-0.3, -0.25) is 9.00 Å². The highest BCUT2D eigenvalue weighted by atomic mass is 35.5. The van der Waals surface area contributed by atoms with E-state index < -0.39 is 10.8 Å². The summed E-state index contributed by atoms with van der Waals surface area (Å²) in [4.78, 5) is 11.8. The van der Waals surface area contributed by atoms with Crippen LogP contribution in [-0.2, 0) is 15.6 Å². The zero-order valence-corrected chi connectivity index (χ0v) is 12.8. The Morgan fingerprint density at radius 2 is 2.10 bits per heavy atom. The van der Waals surface area contributed by atoms with Crippen LogP contribution in [0.25, 0.3) is 0 Å². The molecule has 3 N–H and O–H groups in total. The lowest BCUT2D eigenvalue weighted by molar-refractivity contribution is -0.115. The first-order valence-corrected chi connectivity index (χ1v) is 8.54. The zero-order valence-electron chi connectivity index (χ0n) is 11.2. The Balaban J connectivity index is 1.81. The molecule has 1 aromatic rings. The van der Waals surface area contributed by atoms with Crippen molar-refractivity contribution in [2.24, 2.45) is 0 Å². The molecule has 1 amide bonds. The van der Waals surface area contributed by atoms with E-state index in [0.29, 0.717) is 22.2 Å². The van der Waals surface area contributed by atoms with E-state index in [2.05, 4.69) is 5.32 Å². The fourth-order valence-electron chi connectivity index (χ4n) is 2.37. The SMILES string of the molecule is Nc1cc(Cl)ccc1NC(=O)CCS(=O)C1CCCC1. The summed E-state index contributed by atoms with van der Waals surface area (Å²) in [5, 5.41) is 3.54. The van der Waals surface area contributed by atoms with Gasteiger partial charge in [-0.25, -0.2) is 0 Å². The maximum atomic E-state index is 12.0. The van der Waals surface area contributed by atoms with Crippen LogP contribution in [0.1, 0.15) is 32.1 Å². The second-order valence-corrected chi connectivity index (χ2v) is 7.29. The van der Waals surface area contributed by atoms with Gasteiger partial charge in [0, 0.05) is 33.2 Å². The number of rotatable bonds is 5. The summed E-state index contributed by atoms with van der Waals surface area (Å²) in [6.45, 7) is 0. The van der Waals surface area contributed by atoms with Gasteiger partial charge in [-0.2, -0.15) is 0 Å². The van der Waals surface area contributed by atoms with Crippen LogP contribution in [0.4, 0.5) is 11.4 Å². The monoisotopic (exact) mass is 314 g/mol. The molecule has 0 bridgehead atoms. The van der Waals surface area contributed by atoms with Gasteiger partial charge in [0.25, 0.3) is 0 Å². The van der Waals surface area contributed by atoms with E-state index in [-0.39, 0.29) is 17.6 Å². The number of nitrogen functional groups attached to an aromatic ring is 1. The first-order chi connectivity index (χ1) is 9.56. The van der Waals surface area contributed by atoms with Crippen molar-refractivity contribution in [3.8, 4) is 0 Å². The van der Waals surface area contributed by atoms with Gasteiger partial charge in [0.2, 0.25) is 5.91 Å². The van der Waals surface area contributed by atoms with E-state index in [0.717, 1.165) is 25.7 Å². The maximum absolute atomic E-state index is 12.0. The fourth-order valence-corrected chi connectivity index (χ4v) is 4.13. The standard InChI is InChI=1S/C14H19ClN2O2S/c15-10-5-6-13(12(16)9-10)17-14(18)7-8-20(19)11-3-1-2-4-11/h5-6,9,11H,1-4,7-8,16H2,(H,17,18). The molecule has 1 aliphatic rings. The van der Waals surface area contributed by atoms with E-state index in [1.807, 2.05) is 0 Å². The molecule has 1 atom stereocenters. The molecule has 1 unspecified atom stereocenters. The topological polar surface area (TPSA) is 72.2 Å². The van der Waals surface area contributed by atoms with Gasteiger partial charge in [-0.15, -0.1) is 0 Å². The summed E-state index contributed by atoms with van der Waals surface area (Å²) in [6, 6.07) is 4.93. The van der Waals surface area contributed by atoms with E-state index in [4.69, 9.17) is 17.3 Å². The molecular weight excluding hydrogens is 296 g/mol. The van der Waals surface area contributed by atoms with Crippen molar-refractivity contribution >= 4 is 39.7 Å². The fraction of sp³-hybridized carbons (Fsp3) is 0.500. The van der Waals surface area contributed by atoms with E-state index >= 15 is 0 Å². The molecule has 1 aliphatic carbocycles. The van der Waals surface area contributed by atoms with Crippen LogP contribution in [0.3, 0.4) is 0 Å². The molecule has 0 heterocycles.